The van der Waals surface area contributed by atoms with Crippen LogP contribution in [0.4, 0.5) is 0 Å². The molecule has 0 unspecified atom stereocenters. The molecule has 2 aromatic carbocycles. The summed E-state index contributed by atoms with van der Waals surface area (Å²) in [6, 6.07) is 14.7. The average Bonchev–Trinajstić information content (AvgIpc) is 2.48. The molecular weight excluding hydrogens is 255 g/mol. The van der Waals surface area contributed by atoms with Gasteiger partial charge in [-0.2, -0.15) is 0 Å². The molecule has 2 aromatic rings. The van der Waals surface area contributed by atoms with Crippen LogP contribution in [0.5, 0.6) is 5.75 Å². The molecule has 20 heavy (non-hydrogen) atoms. The van der Waals surface area contributed by atoms with Crippen LogP contribution in [-0.2, 0) is 18.0 Å². The summed E-state index contributed by atoms with van der Waals surface area (Å²) >= 11 is 0. The van der Waals surface area contributed by atoms with Gasteiger partial charge in [0, 0.05) is 0 Å². The molecule has 0 atom stereocenters. The molecule has 0 aromatic heterocycles. The zero-order valence-electron chi connectivity index (χ0n) is 11.3. The summed E-state index contributed by atoms with van der Waals surface area (Å²) in [7, 11) is 0.144. The topological polar surface area (TPSA) is 58.9 Å². The van der Waals surface area contributed by atoms with E-state index in [1.165, 1.54) is 0 Å². The highest BCUT2D eigenvalue weighted by Gasteiger charge is 2.14. The number of hydrogen-bond acceptors (Lipinski definition) is 4. The summed E-state index contributed by atoms with van der Waals surface area (Å²) < 4.78 is 10.8. The maximum Gasteiger partial charge on any atom is 0.488 e. The van der Waals surface area contributed by atoms with Crippen molar-refractivity contribution in [2.75, 3.05) is 7.11 Å². The van der Waals surface area contributed by atoms with E-state index in [1.54, 1.807) is 19.2 Å². The first-order valence-corrected chi connectivity index (χ1v) is 6.35. The van der Waals surface area contributed by atoms with Crippen LogP contribution in [0, 0.1) is 0 Å². The zero-order valence-corrected chi connectivity index (χ0v) is 11.3. The lowest BCUT2D eigenvalue weighted by Gasteiger charge is -2.10. The zero-order chi connectivity index (χ0) is 14.4. The molecule has 2 rings (SSSR count). The third-order valence-corrected chi connectivity index (χ3v) is 2.99. The SMILES string of the molecule is COc1cccc(COCc2ccccc2B(O)O)c1. The summed E-state index contributed by atoms with van der Waals surface area (Å²) in [6.07, 6.45) is 0. The number of benzene rings is 2. The van der Waals surface area contributed by atoms with Crippen molar-refractivity contribution in [2.45, 2.75) is 13.2 Å². The van der Waals surface area contributed by atoms with Gasteiger partial charge in [-0.05, 0) is 28.7 Å². The lowest BCUT2D eigenvalue weighted by molar-refractivity contribution is 0.107. The molecule has 0 fully saturated rings. The van der Waals surface area contributed by atoms with E-state index in [0.717, 1.165) is 16.9 Å². The van der Waals surface area contributed by atoms with Crippen molar-refractivity contribution in [3.63, 3.8) is 0 Å². The molecule has 2 N–H and O–H groups in total. The van der Waals surface area contributed by atoms with Crippen LogP contribution in [0.1, 0.15) is 11.1 Å². The van der Waals surface area contributed by atoms with E-state index in [2.05, 4.69) is 0 Å². The Morgan fingerprint density at radius 1 is 1.00 bits per heavy atom. The predicted octanol–water partition coefficient (Wildman–Crippen LogP) is 1.09. The number of methoxy groups -OCH3 is 1. The summed E-state index contributed by atoms with van der Waals surface area (Å²) in [6.45, 7) is 0.762. The molecule has 0 heterocycles. The van der Waals surface area contributed by atoms with Crippen molar-refractivity contribution in [1.82, 2.24) is 0 Å². The van der Waals surface area contributed by atoms with E-state index >= 15 is 0 Å². The molecule has 104 valence electrons. The fraction of sp³-hybridized carbons (Fsp3) is 0.200. The van der Waals surface area contributed by atoms with E-state index < -0.39 is 7.12 Å². The van der Waals surface area contributed by atoms with Gasteiger partial charge in [-0.25, -0.2) is 0 Å². The Kier molecular flexibility index (Phi) is 5.18. The van der Waals surface area contributed by atoms with Gasteiger partial charge in [0.05, 0.1) is 20.3 Å². The van der Waals surface area contributed by atoms with Crippen LogP contribution >= 0.6 is 0 Å². The Morgan fingerprint density at radius 2 is 1.80 bits per heavy atom. The van der Waals surface area contributed by atoms with Gasteiger partial charge in [0.1, 0.15) is 5.75 Å². The van der Waals surface area contributed by atoms with E-state index in [-0.39, 0.29) is 0 Å². The fourth-order valence-corrected chi connectivity index (χ4v) is 1.96. The molecule has 0 saturated heterocycles. The third kappa shape index (κ3) is 3.84. The summed E-state index contributed by atoms with van der Waals surface area (Å²) in [5.41, 5.74) is 2.25. The highest BCUT2D eigenvalue weighted by atomic mass is 16.5. The van der Waals surface area contributed by atoms with E-state index in [9.17, 15) is 10.0 Å². The van der Waals surface area contributed by atoms with Crippen molar-refractivity contribution >= 4 is 12.6 Å². The molecule has 4 nitrogen and oxygen atoms in total. The van der Waals surface area contributed by atoms with E-state index in [1.807, 2.05) is 36.4 Å². The molecular formula is C15H17BO4. The first-order chi connectivity index (χ1) is 9.70. The van der Waals surface area contributed by atoms with Gasteiger partial charge in [0.15, 0.2) is 0 Å². The van der Waals surface area contributed by atoms with E-state index in [0.29, 0.717) is 18.7 Å². The van der Waals surface area contributed by atoms with Crippen LogP contribution in [0.3, 0.4) is 0 Å². The second-order valence-electron chi connectivity index (χ2n) is 4.42. The Hall–Kier alpha value is -1.82. The molecule has 0 spiro atoms. The lowest BCUT2D eigenvalue weighted by atomic mass is 9.77. The van der Waals surface area contributed by atoms with E-state index in [4.69, 9.17) is 9.47 Å². The number of hydrogen-bond donors (Lipinski definition) is 2. The largest absolute Gasteiger partial charge is 0.497 e. The van der Waals surface area contributed by atoms with Gasteiger partial charge < -0.3 is 19.5 Å². The molecule has 0 aliphatic carbocycles. The highest BCUT2D eigenvalue weighted by molar-refractivity contribution is 6.59. The maximum atomic E-state index is 9.27. The molecule has 5 heteroatoms. The van der Waals surface area contributed by atoms with Crippen LogP contribution in [0.25, 0.3) is 0 Å². The molecule has 0 amide bonds. The molecule has 0 aliphatic rings. The van der Waals surface area contributed by atoms with Gasteiger partial charge in [-0.1, -0.05) is 36.4 Å². The van der Waals surface area contributed by atoms with Crippen LogP contribution in [-0.4, -0.2) is 24.3 Å². The summed E-state index contributed by atoms with van der Waals surface area (Å²) in [4.78, 5) is 0. The van der Waals surface area contributed by atoms with Gasteiger partial charge in [-0.3, -0.25) is 0 Å². The second-order valence-corrected chi connectivity index (χ2v) is 4.42. The van der Waals surface area contributed by atoms with Gasteiger partial charge in [0.2, 0.25) is 0 Å². The number of rotatable bonds is 6. The quantitative estimate of drug-likeness (QED) is 0.773. The normalized spacial score (nSPS) is 10.3. The Morgan fingerprint density at radius 3 is 2.55 bits per heavy atom. The smallest absolute Gasteiger partial charge is 0.488 e. The average molecular weight is 272 g/mol. The lowest BCUT2D eigenvalue weighted by Crippen LogP contribution is -2.33. The van der Waals surface area contributed by atoms with Gasteiger partial charge in [-0.15, -0.1) is 0 Å². The minimum Gasteiger partial charge on any atom is -0.497 e. The Bertz CT molecular complexity index is 557. The second kappa shape index (κ2) is 7.10. The maximum absolute atomic E-state index is 9.27. The first kappa shape index (κ1) is 14.6. The fourth-order valence-electron chi connectivity index (χ4n) is 1.96. The molecule has 0 saturated carbocycles. The van der Waals surface area contributed by atoms with Crippen molar-refractivity contribution in [3.05, 3.63) is 59.7 Å². The van der Waals surface area contributed by atoms with Gasteiger partial charge in [0.25, 0.3) is 0 Å². The standard InChI is InChI=1S/C15H17BO4/c1-19-14-7-4-5-12(9-14)10-20-11-13-6-2-3-8-15(13)16(17)18/h2-9,17-18H,10-11H2,1H3. The molecule has 0 radical (unpaired) electrons. The Labute approximate surface area is 118 Å². The van der Waals surface area contributed by atoms with Crippen LogP contribution in [0.15, 0.2) is 48.5 Å². The minimum atomic E-state index is -1.48. The number of ether oxygens (including phenoxy) is 2. The highest BCUT2D eigenvalue weighted by Crippen LogP contribution is 2.13. The van der Waals surface area contributed by atoms with Gasteiger partial charge >= 0.3 is 7.12 Å². The summed E-state index contributed by atoms with van der Waals surface area (Å²) in [5.74, 6) is 0.789. The monoisotopic (exact) mass is 272 g/mol. The third-order valence-electron chi connectivity index (χ3n) is 2.99. The first-order valence-electron chi connectivity index (χ1n) is 6.35. The predicted molar refractivity (Wildman–Crippen MR) is 77.8 cm³/mol. The molecule has 0 bridgehead atoms. The van der Waals surface area contributed by atoms with Crippen molar-refractivity contribution in [1.29, 1.82) is 0 Å². The van der Waals surface area contributed by atoms with Crippen LogP contribution < -0.4 is 10.2 Å². The van der Waals surface area contributed by atoms with Crippen molar-refractivity contribution < 1.29 is 19.5 Å². The van der Waals surface area contributed by atoms with Crippen LogP contribution in [0.2, 0.25) is 0 Å². The minimum absolute atomic E-state index is 0.324. The van der Waals surface area contributed by atoms with Crippen molar-refractivity contribution in [2.24, 2.45) is 0 Å². The summed E-state index contributed by atoms with van der Waals surface area (Å²) in [5, 5.41) is 18.5. The van der Waals surface area contributed by atoms with Crippen molar-refractivity contribution in [3.8, 4) is 5.75 Å². The molecule has 0 aliphatic heterocycles. The Balaban J connectivity index is 1.96.